The van der Waals surface area contributed by atoms with Crippen LogP contribution in [0.2, 0.25) is 0 Å². The lowest BCUT2D eigenvalue weighted by Crippen LogP contribution is -2.33. The number of fused-ring (bicyclic) bond motifs is 1. The maximum Gasteiger partial charge on any atom is 0.261 e. The SMILES string of the molecule is CN(C)c1nccc(N2CCCC2c2nc3ccccc3c(=O)n2CCO)n1. The van der Waals surface area contributed by atoms with Gasteiger partial charge in [0.15, 0.2) is 0 Å². The molecule has 28 heavy (non-hydrogen) atoms. The fourth-order valence-corrected chi connectivity index (χ4v) is 3.78. The second kappa shape index (κ2) is 7.55. The third kappa shape index (κ3) is 3.20. The predicted octanol–water partition coefficient (Wildman–Crippen LogP) is 1.59. The van der Waals surface area contributed by atoms with E-state index < -0.39 is 0 Å². The highest BCUT2D eigenvalue weighted by Gasteiger charge is 2.31. The Bertz CT molecular complexity index is 1050. The first-order valence-corrected chi connectivity index (χ1v) is 9.47. The van der Waals surface area contributed by atoms with E-state index in [0.717, 1.165) is 25.2 Å². The monoisotopic (exact) mass is 380 g/mol. The van der Waals surface area contributed by atoms with Gasteiger partial charge < -0.3 is 14.9 Å². The van der Waals surface area contributed by atoms with Crippen molar-refractivity contribution in [3.05, 3.63) is 52.7 Å². The van der Waals surface area contributed by atoms with Crippen LogP contribution in [0.5, 0.6) is 0 Å². The van der Waals surface area contributed by atoms with E-state index in [9.17, 15) is 9.90 Å². The van der Waals surface area contributed by atoms with Crippen molar-refractivity contribution in [2.75, 3.05) is 37.0 Å². The number of rotatable bonds is 5. The first-order valence-electron chi connectivity index (χ1n) is 9.47. The molecule has 1 aliphatic heterocycles. The summed E-state index contributed by atoms with van der Waals surface area (Å²) in [6.07, 6.45) is 3.60. The second-order valence-electron chi connectivity index (χ2n) is 7.13. The van der Waals surface area contributed by atoms with Gasteiger partial charge in [0, 0.05) is 26.8 Å². The molecule has 0 bridgehead atoms. The number of nitrogens with zero attached hydrogens (tertiary/aromatic N) is 6. The van der Waals surface area contributed by atoms with E-state index in [1.807, 2.05) is 43.3 Å². The molecular weight excluding hydrogens is 356 g/mol. The highest BCUT2D eigenvalue weighted by atomic mass is 16.3. The summed E-state index contributed by atoms with van der Waals surface area (Å²) in [4.78, 5) is 30.9. The summed E-state index contributed by atoms with van der Waals surface area (Å²) in [5.41, 5.74) is 0.568. The molecule has 8 heteroatoms. The minimum atomic E-state index is -0.113. The fourth-order valence-electron chi connectivity index (χ4n) is 3.78. The van der Waals surface area contributed by atoms with Gasteiger partial charge in [0.1, 0.15) is 11.6 Å². The van der Waals surface area contributed by atoms with Crippen molar-refractivity contribution >= 4 is 22.7 Å². The van der Waals surface area contributed by atoms with Crippen molar-refractivity contribution in [1.29, 1.82) is 0 Å². The molecule has 0 spiro atoms. The van der Waals surface area contributed by atoms with Crippen LogP contribution < -0.4 is 15.4 Å². The van der Waals surface area contributed by atoms with Crippen molar-refractivity contribution in [3.63, 3.8) is 0 Å². The summed E-state index contributed by atoms with van der Waals surface area (Å²) in [5, 5.41) is 10.1. The normalized spacial score (nSPS) is 16.7. The number of para-hydroxylation sites is 1. The zero-order chi connectivity index (χ0) is 19.7. The zero-order valence-corrected chi connectivity index (χ0v) is 16.1. The van der Waals surface area contributed by atoms with E-state index in [1.54, 1.807) is 16.8 Å². The predicted molar refractivity (Wildman–Crippen MR) is 109 cm³/mol. The van der Waals surface area contributed by atoms with Crippen LogP contribution in [-0.4, -0.2) is 51.9 Å². The van der Waals surface area contributed by atoms with Gasteiger partial charge >= 0.3 is 0 Å². The van der Waals surface area contributed by atoms with Crippen LogP contribution in [0.1, 0.15) is 24.7 Å². The van der Waals surface area contributed by atoms with Gasteiger partial charge in [-0.25, -0.2) is 9.97 Å². The molecule has 4 rings (SSSR count). The lowest BCUT2D eigenvalue weighted by molar-refractivity contribution is 0.270. The molecule has 1 fully saturated rings. The van der Waals surface area contributed by atoms with Crippen LogP contribution in [0.25, 0.3) is 10.9 Å². The smallest absolute Gasteiger partial charge is 0.261 e. The summed E-state index contributed by atoms with van der Waals surface area (Å²) in [7, 11) is 3.81. The van der Waals surface area contributed by atoms with Crippen LogP contribution >= 0.6 is 0 Å². The van der Waals surface area contributed by atoms with Crippen molar-refractivity contribution < 1.29 is 5.11 Å². The number of aliphatic hydroxyl groups excluding tert-OH is 1. The molecule has 0 aliphatic carbocycles. The standard InChI is InChI=1S/C20H24N6O2/c1-24(2)20-21-10-9-17(23-20)25-11-5-8-16(25)18-22-15-7-4-3-6-14(15)19(28)26(18)12-13-27/h3-4,6-7,9-10,16,27H,5,8,11-13H2,1-2H3. The van der Waals surface area contributed by atoms with Crippen LogP contribution in [0.3, 0.4) is 0 Å². The summed E-state index contributed by atoms with van der Waals surface area (Å²) in [6, 6.07) is 9.17. The van der Waals surface area contributed by atoms with Crippen molar-refractivity contribution in [1.82, 2.24) is 19.5 Å². The summed E-state index contributed by atoms with van der Waals surface area (Å²) < 4.78 is 1.61. The lowest BCUT2D eigenvalue weighted by atomic mass is 10.1. The zero-order valence-electron chi connectivity index (χ0n) is 16.1. The third-order valence-corrected chi connectivity index (χ3v) is 5.09. The van der Waals surface area contributed by atoms with Crippen LogP contribution in [0, 0.1) is 0 Å². The topological polar surface area (TPSA) is 87.4 Å². The molecule has 1 N–H and O–H groups in total. The molecule has 0 radical (unpaired) electrons. The number of hydrogen-bond acceptors (Lipinski definition) is 7. The van der Waals surface area contributed by atoms with E-state index in [1.165, 1.54) is 0 Å². The largest absolute Gasteiger partial charge is 0.395 e. The number of anilines is 2. The van der Waals surface area contributed by atoms with Crippen molar-refractivity contribution in [2.24, 2.45) is 0 Å². The Morgan fingerprint density at radius 3 is 2.82 bits per heavy atom. The third-order valence-electron chi connectivity index (χ3n) is 5.09. The van der Waals surface area contributed by atoms with Crippen LogP contribution in [-0.2, 0) is 6.54 Å². The van der Waals surface area contributed by atoms with Gasteiger partial charge in [0.2, 0.25) is 5.95 Å². The van der Waals surface area contributed by atoms with E-state index in [-0.39, 0.29) is 24.8 Å². The molecule has 8 nitrogen and oxygen atoms in total. The Morgan fingerprint density at radius 1 is 1.21 bits per heavy atom. The molecule has 2 aromatic heterocycles. The molecule has 1 aliphatic rings. The van der Waals surface area contributed by atoms with E-state index in [0.29, 0.717) is 22.7 Å². The Kier molecular flexibility index (Phi) is 4.95. The average Bonchev–Trinajstić information content (AvgIpc) is 3.20. The van der Waals surface area contributed by atoms with E-state index >= 15 is 0 Å². The van der Waals surface area contributed by atoms with Gasteiger partial charge in [-0.3, -0.25) is 9.36 Å². The number of aliphatic hydroxyl groups is 1. The van der Waals surface area contributed by atoms with Crippen molar-refractivity contribution in [2.45, 2.75) is 25.4 Å². The molecule has 1 unspecified atom stereocenters. The number of aromatic nitrogens is 4. The first kappa shape index (κ1) is 18.4. The maximum atomic E-state index is 13.0. The molecule has 3 heterocycles. The Morgan fingerprint density at radius 2 is 2.04 bits per heavy atom. The maximum absolute atomic E-state index is 13.0. The highest BCUT2D eigenvalue weighted by molar-refractivity contribution is 5.77. The van der Waals surface area contributed by atoms with Gasteiger partial charge in [-0.15, -0.1) is 0 Å². The molecule has 3 aromatic rings. The fraction of sp³-hybridized carbons (Fsp3) is 0.400. The summed E-state index contributed by atoms with van der Waals surface area (Å²) >= 11 is 0. The van der Waals surface area contributed by atoms with Gasteiger partial charge in [-0.1, -0.05) is 12.1 Å². The van der Waals surface area contributed by atoms with Gasteiger partial charge in [-0.05, 0) is 31.0 Å². The van der Waals surface area contributed by atoms with Crippen molar-refractivity contribution in [3.8, 4) is 0 Å². The first-order chi connectivity index (χ1) is 13.6. The molecule has 0 saturated carbocycles. The second-order valence-corrected chi connectivity index (χ2v) is 7.13. The van der Waals surface area contributed by atoms with E-state index in [2.05, 4.69) is 14.9 Å². The molecule has 0 amide bonds. The summed E-state index contributed by atoms with van der Waals surface area (Å²) in [6.45, 7) is 0.942. The van der Waals surface area contributed by atoms with E-state index in [4.69, 9.17) is 4.98 Å². The lowest BCUT2D eigenvalue weighted by Gasteiger charge is -2.28. The minimum absolute atomic E-state index is 0.0752. The molecule has 1 saturated heterocycles. The van der Waals surface area contributed by atoms with Gasteiger partial charge in [-0.2, -0.15) is 4.98 Å². The van der Waals surface area contributed by atoms with Gasteiger partial charge in [0.25, 0.3) is 5.56 Å². The Balaban J connectivity index is 1.83. The highest BCUT2D eigenvalue weighted by Crippen LogP contribution is 2.34. The van der Waals surface area contributed by atoms with Crippen LogP contribution in [0.4, 0.5) is 11.8 Å². The minimum Gasteiger partial charge on any atom is -0.395 e. The Hall–Kier alpha value is -3.00. The number of benzene rings is 1. The summed E-state index contributed by atoms with van der Waals surface area (Å²) in [5.74, 6) is 2.14. The molecule has 146 valence electrons. The number of hydrogen-bond donors (Lipinski definition) is 1. The Labute approximate surface area is 163 Å². The molecule has 1 aromatic carbocycles. The van der Waals surface area contributed by atoms with Crippen LogP contribution in [0.15, 0.2) is 41.3 Å². The molecular formula is C20H24N6O2. The quantitative estimate of drug-likeness (QED) is 0.719. The van der Waals surface area contributed by atoms with Gasteiger partial charge in [0.05, 0.1) is 30.1 Å². The average molecular weight is 380 g/mol. The molecule has 1 atom stereocenters.